The first-order valence-corrected chi connectivity index (χ1v) is 8.31. The quantitative estimate of drug-likeness (QED) is 0.914. The molecule has 1 saturated heterocycles. The second-order valence-electron chi connectivity index (χ2n) is 5.39. The summed E-state index contributed by atoms with van der Waals surface area (Å²) >= 11 is 0. The van der Waals surface area contributed by atoms with Gasteiger partial charge in [0, 0.05) is 18.7 Å². The first kappa shape index (κ1) is 15.4. The molecule has 0 aromatic heterocycles. The number of nitrogens with zero attached hydrogens (tertiary/aromatic N) is 1. The minimum absolute atomic E-state index is 0.147. The SMILES string of the molecule is C[C@@H]1OCC[C@H]1N(C)[C@H](C)c1ccc(S(N)(=O)=O)cc1. The molecule has 112 valence electrons. The van der Waals surface area contributed by atoms with E-state index in [0.717, 1.165) is 18.6 Å². The van der Waals surface area contributed by atoms with Crippen LogP contribution in [0.5, 0.6) is 0 Å². The molecular formula is C14H22N2O3S. The lowest BCUT2D eigenvalue weighted by Gasteiger charge is -2.32. The topological polar surface area (TPSA) is 72.6 Å². The lowest BCUT2D eigenvalue weighted by Crippen LogP contribution is -2.38. The molecule has 0 bridgehead atoms. The fourth-order valence-electron chi connectivity index (χ4n) is 2.71. The van der Waals surface area contributed by atoms with Crippen LogP contribution < -0.4 is 5.14 Å². The predicted octanol–water partition coefficient (Wildman–Crippen LogP) is 1.50. The van der Waals surface area contributed by atoms with E-state index in [2.05, 4.69) is 25.8 Å². The Hall–Kier alpha value is -0.950. The number of hydrogen-bond acceptors (Lipinski definition) is 4. The van der Waals surface area contributed by atoms with Crippen molar-refractivity contribution in [3.05, 3.63) is 29.8 Å². The molecule has 1 aromatic rings. The van der Waals surface area contributed by atoms with Crippen LogP contribution in [0.15, 0.2) is 29.2 Å². The van der Waals surface area contributed by atoms with Gasteiger partial charge in [-0.3, -0.25) is 4.90 Å². The number of nitrogens with two attached hydrogens (primary N) is 1. The minimum atomic E-state index is -3.62. The highest BCUT2D eigenvalue weighted by Gasteiger charge is 2.30. The Morgan fingerprint density at radius 3 is 2.40 bits per heavy atom. The zero-order valence-corrected chi connectivity index (χ0v) is 12.9. The summed E-state index contributed by atoms with van der Waals surface area (Å²) in [6.07, 6.45) is 1.25. The molecule has 1 fully saturated rings. The van der Waals surface area contributed by atoms with Crippen LogP contribution in [0.2, 0.25) is 0 Å². The van der Waals surface area contributed by atoms with Gasteiger partial charge in [-0.1, -0.05) is 12.1 Å². The molecule has 0 unspecified atom stereocenters. The third kappa shape index (κ3) is 3.20. The van der Waals surface area contributed by atoms with Crippen LogP contribution in [0.1, 0.15) is 31.9 Å². The molecule has 1 aromatic carbocycles. The fourth-order valence-corrected chi connectivity index (χ4v) is 3.23. The normalized spacial score (nSPS) is 25.1. The van der Waals surface area contributed by atoms with Crippen molar-refractivity contribution in [1.29, 1.82) is 0 Å². The molecule has 1 heterocycles. The Kier molecular flexibility index (Phi) is 4.49. The molecule has 0 saturated carbocycles. The van der Waals surface area contributed by atoms with Gasteiger partial charge in [0.15, 0.2) is 0 Å². The van der Waals surface area contributed by atoms with Gasteiger partial charge in [0.25, 0.3) is 0 Å². The van der Waals surface area contributed by atoms with Crippen LogP contribution in [0.3, 0.4) is 0 Å². The molecule has 6 heteroatoms. The van der Waals surface area contributed by atoms with E-state index in [-0.39, 0.29) is 17.0 Å². The van der Waals surface area contributed by atoms with Gasteiger partial charge >= 0.3 is 0 Å². The van der Waals surface area contributed by atoms with Crippen molar-refractivity contribution < 1.29 is 13.2 Å². The molecule has 5 nitrogen and oxygen atoms in total. The van der Waals surface area contributed by atoms with Crippen LogP contribution in [-0.4, -0.2) is 39.1 Å². The van der Waals surface area contributed by atoms with Crippen molar-refractivity contribution in [2.45, 2.75) is 43.4 Å². The number of ether oxygens (including phenoxy) is 1. The highest BCUT2D eigenvalue weighted by atomic mass is 32.2. The second-order valence-corrected chi connectivity index (χ2v) is 6.95. The predicted molar refractivity (Wildman–Crippen MR) is 77.8 cm³/mol. The lowest BCUT2D eigenvalue weighted by atomic mass is 10.0. The molecule has 0 amide bonds. The zero-order chi connectivity index (χ0) is 14.9. The van der Waals surface area contributed by atoms with Crippen molar-refractivity contribution in [2.24, 2.45) is 5.14 Å². The van der Waals surface area contributed by atoms with Gasteiger partial charge < -0.3 is 4.74 Å². The van der Waals surface area contributed by atoms with Gasteiger partial charge in [-0.25, -0.2) is 13.6 Å². The van der Waals surface area contributed by atoms with Gasteiger partial charge in [0.2, 0.25) is 10.0 Å². The summed E-state index contributed by atoms with van der Waals surface area (Å²) in [5.41, 5.74) is 1.07. The Balaban J connectivity index is 2.14. The molecule has 0 aliphatic carbocycles. The lowest BCUT2D eigenvalue weighted by molar-refractivity contribution is 0.0704. The van der Waals surface area contributed by atoms with Crippen molar-refractivity contribution in [3.63, 3.8) is 0 Å². The Morgan fingerprint density at radius 1 is 1.35 bits per heavy atom. The van der Waals surface area contributed by atoms with Crippen LogP contribution in [0, 0.1) is 0 Å². The van der Waals surface area contributed by atoms with Gasteiger partial charge in [-0.15, -0.1) is 0 Å². The number of hydrogen-bond donors (Lipinski definition) is 1. The number of rotatable bonds is 4. The van der Waals surface area contributed by atoms with Gasteiger partial charge in [0.1, 0.15) is 0 Å². The summed E-state index contributed by atoms with van der Waals surface area (Å²) in [4.78, 5) is 2.43. The van der Waals surface area contributed by atoms with Crippen LogP contribution >= 0.6 is 0 Å². The van der Waals surface area contributed by atoms with E-state index < -0.39 is 10.0 Å². The number of sulfonamides is 1. The first-order valence-electron chi connectivity index (χ1n) is 6.77. The fraction of sp³-hybridized carbons (Fsp3) is 0.571. The summed E-state index contributed by atoms with van der Waals surface area (Å²) in [5, 5.41) is 5.11. The number of likely N-dealkylation sites (N-methyl/N-ethyl adjacent to an activating group) is 1. The van der Waals surface area contributed by atoms with Gasteiger partial charge in [0.05, 0.1) is 11.0 Å². The zero-order valence-electron chi connectivity index (χ0n) is 12.1. The van der Waals surface area contributed by atoms with E-state index >= 15 is 0 Å². The highest BCUT2D eigenvalue weighted by Crippen LogP contribution is 2.27. The Bertz CT molecular complexity index is 556. The molecule has 2 N–H and O–H groups in total. The first-order chi connectivity index (χ1) is 9.30. The maximum atomic E-state index is 11.3. The average Bonchev–Trinajstić information content (AvgIpc) is 2.82. The maximum absolute atomic E-state index is 11.3. The van der Waals surface area contributed by atoms with Crippen molar-refractivity contribution in [1.82, 2.24) is 4.90 Å². The second kappa shape index (κ2) is 5.81. The van der Waals surface area contributed by atoms with E-state index in [0.29, 0.717) is 6.04 Å². The number of benzene rings is 1. The highest BCUT2D eigenvalue weighted by molar-refractivity contribution is 7.89. The molecule has 1 aliphatic rings. The Morgan fingerprint density at radius 2 is 1.95 bits per heavy atom. The summed E-state index contributed by atoms with van der Waals surface area (Å²) < 4.78 is 28.1. The van der Waals surface area contributed by atoms with E-state index in [1.54, 1.807) is 12.1 Å². The van der Waals surface area contributed by atoms with Crippen molar-refractivity contribution in [2.75, 3.05) is 13.7 Å². The average molecular weight is 298 g/mol. The largest absolute Gasteiger partial charge is 0.377 e. The number of primary sulfonamides is 1. The molecule has 3 atom stereocenters. The summed E-state index contributed by atoms with van der Waals surface area (Å²) in [7, 11) is -1.55. The molecular weight excluding hydrogens is 276 g/mol. The van der Waals surface area contributed by atoms with Crippen LogP contribution in [-0.2, 0) is 14.8 Å². The van der Waals surface area contributed by atoms with E-state index in [4.69, 9.17) is 9.88 Å². The van der Waals surface area contributed by atoms with Crippen LogP contribution in [0.25, 0.3) is 0 Å². The van der Waals surface area contributed by atoms with E-state index in [1.807, 2.05) is 12.1 Å². The van der Waals surface area contributed by atoms with E-state index in [9.17, 15) is 8.42 Å². The summed E-state index contributed by atoms with van der Waals surface area (Å²) in [5.74, 6) is 0. The van der Waals surface area contributed by atoms with Gasteiger partial charge in [-0.2, -0.15) is 0 Å². The van der Waals surface area contributed by atoms with E-state index in [1.165, 1.54) is 0 Å². The summed E-state index contributed by atoms with van der Waals surface area (Å²) in [6.45, 7) is 5.00. The summed E-state index contributed by atoms with van der Waals surface area (Å²) in [6, 6.07) is 7.34. The van der Waals surface area contributed by atoms with Crippen molar-refractivity contribution in [3.8, 4) is 0 Å². The molecule has 0 radical (unpaired) electrons. The standard InChI is InChI=1S/C14H22N2O3S/c1-10(16(3)14-8-9-19-11(14)2)12-4-6-13(7-5-12)20(15,17)18/h4-7,10-11,14H,8-9H2,1-3H3,(H2,15,17,18)/t10-,11+,14-/m1/s1. The molecule has 1 aliphatic heterocycles. The molecule has 20 heavy (non-hydrogen) atoms. The Labute approximate surface area is 120 Å². The molecule has 2 rings (SSSR count). The third-order valence-corrected chi connectivity index (χ3v) is 5.09. The third-order valence-electron chi connectivity index (χ3n) is 4.16. The monoisotopic (exact) mass is 298 g/mol. The van der Waals surface area contributed by atoms with Crippen molar-refractivity contribution >= 4 is 10.0 Å². The van der Waals surface area contributed by atoms with Gasteiger partial charge in [-0.05, 0) is 45.0 Å². The minimum Gasteiger partial charge on any atom is -0.377 e. The smallest absolute Gasteiger partial charge is 0.238 e. The molecule has 0 spiro atoms. The van der Waals surface area contributed by atoms with Crippen LogP contribution in [0.4, 0.5) is 0 Å². The maximum Gasteiger partial charge on any atom is 0.238 e.